The number of ketones is 1. The predicted octanol–water partition coefficient (Wildman–Crippen LogP) is 6.53. The summed E-state index contributed by atoms with van der Waals surface area (Å²) in [5.41, 5.74) is 4.01. The number of anilines is 2. The van der Waals surface area contributed by atoms with Gasteiger partial charge in [0, 0.05) is 29.1 Å². The number of hydrogen-bond donors (Lipinski definition) is 1. The molecule has 0 unspecified atom stereocenters. The van der Waals surface area contributed by atoms with Crippen LogP contribution >= 0.6 is 11.6 Å². The molecule has 1 aliphatic heterocycles. The molecule has 0 saturated heterocycles. The molecule has 2 aliphatic rings. The number of nitrogens with zero attached hydrogens (tertiary/aromatic N) is 1. The first-order valence-corrected chi connectivity index (χ1v) is 11.2. The van der Waals surface area contributed by atoms with E-state index in [1.165, 1.54) is 0 Å². The van der Waals surface area contributed by atoms with Gasteiger partial charge in [-0.3, -0.25) is 14.5 Å². The SMILES string of the molecule is CC(C)CC(=O)N1c2ccccc2NC2=C(C(=O)CC(C)(C)C2)[C@@H]1c1ccc(Cl)cc1. The number of nitrogens with one attached hydrogen (secondary N) is 1. The molecule has 4 nitrogen and oxygen atoms in total. The third-order valence-corrected chi connectivity index (χ3v) is 6.19. The number of allylic oxidation sites excluding steroid dienone is 1. The lowest BCUT2D eigenvalue weighted by molar-refractivity contribution is -0.120. The number of benzene rings is 2. The van der Waals surface area contributed by atoms with Crippen molar-refractivity contribution in [2.45, 2.75) is 53.0 Å². The van der Waals surface area contributed by atoms with Crippen molar-refractivity contribution in [1.29, 1.82) is 0 Å². The van der Waals surface area contributed by atoms with Crippen LogP contribution in [0.1, 0.15) is 58.6 Å². The molecule has 1 N–H and O–H groups in total. The summed E-state index contributed by atoms with van der Waals surface area (Å²) in [7, 11) is 0. The van der Waals surface area contributed by atoms with Gasteiger partial charge in [-0.05, 0) is 47.6 Å². The van der Waals surface area contributed by atoms with Gasteiger partial charge in [-0.25, -0.2) is 0 Å². The molecule has 1 heterocycles. The average Bonchev–Trinajstić information content (AvgIpc) is 2.81. The third-order valence-electron chi connectivity index (χ3n) is 5.94. The van der Waals surface area contributed by atoms with Crippen LogP contribution in [0.15, 0.2) is 59.8 Å². The van der Waals surface area contributed by atoms with Crippen LogP contribution < -0.4 is 10.2 Å². The molecule has 0 bridgehead atoms. The van der Waals surface area contributed by atoms with Crippen LogP contribution in [0, 0.1) is 11.3 Å². The van der Waals surface area contributed by atoms with Crippen molar-refractivity contribution in [2.24, 2.45) is 11.3 Å². The van der Waals surface area contributed by atoms with Crippen LogP contribution in [0.3, 0.4) is 0 Å². The first kappa shape index (κ1) is 21.6. The maximum Gasteiger partial charge on any atom is 0.228 e. The van der Waals surface area contributed by atoms with E-state index in [9.17, 15) is 9.59 Å². The zero-order valence-electron chi connectivity index (χ0n) is 18.5. The van der Waals surface area contributed by atoms with Crippen LogP contribution in [-0.4, -0.2) is 11.7 Å². The lowest BCUT2D eigenvalue weighted by Gasteiger charge is -2.37. The topological polar surface area (TPSA) is 49.4 Å². The monoisotopic (exact) mass is 436 g/mol. The minimum absolute atomic E-state index is 0.00980. The van der Waals surface area contributed by atoms with Crippen molar-refractivity contribution >= 4 is 34.7 Å². The lowest BCUT2D eigenvalue weighted by Crippen LogP contribution is -2.39. The number of para-hydroxylation sites is 2. The van der Waals surface area contributed by atoms with Gasteiger partial charge in [0.15, 0.2) is 5.78 Å². The van der Waals surface area contributed by atoms with Gasteiger partial charge in [-0.15, -0.1) is 0 Å². The maximum absolute atomic E-state index is 13.6. The van der Waals surface area contributed by atoms with E-state index in [0.29, 0.717) is 23.4 Å². The molecule has 0 fully saturated rings. The molecule has 0 spiro atoms. The Balaban J connectivity index is 1.98. The fourth-order valence-corrected chi connectivity index (χ4v) is 4.80. The molecular weight excluding hydrogens is 408 g/mol. The highest BCUT2D eigenvalue weighted by Crippen LogP contribution is 2.48. The minimum atomic E-state index is -0.488. The van der Waals surface area contributed by atoms with Crippen LogP contribution in [0.25, 0.3) is 0 Å². The highest BCUT2D eigenvalue weighted by Gasteiger charge is 2.43. The molecule has 1 aliphatic carbocycles. The molecule has 0 radical (unpaired) electrons. The molecule has 4 rings (SSSR count). The number of Topliss-reactive ketones (excluding diaryl/α,β-unsaturated/α-hetero) is 1. The Labute approximate surface area is 189 Å². The molecule has 2 aromatic rings. The molecule has 0 aromatic heterocycles. The Bertz CT molecular complexity index is 1050. The second-order valence-corrected chi connectivity index (χ2v) is 10.2. The number of halogens is 1. The van der Waals surface area contributed by atoms with E-state index in [1.54, 1.807) is 0 Å². The van der Waals surface area contributed by atoms with Crippen LogP contribution in [0.2, 0.25) is 5.02 Å². The summed E-state index contributed by atoms with van der Waals surface area (Å²) < 4.78 is 0. The Morgan fingerprint density at radius 3 is 2.48 bits per heavy atom. The Hall–Kier alpha value is -2.59. The van der Waals surface area contributed by atoms with Gasteiger partial charge in [-0.2, -0.15) is 0 Å². The zero-order valence-corrected chi connectivity index (χ0v) is 19.3. The quantitative estimate of drug-likeness (QED) is 0.595. The predicted molar refractivity (Wildman–Crippen MR) is 126 cm³/mol. The van der Waals surface area contributed by atoms with Crippen molar-refractivity contribution in [3.05, 3.63) is 70.4 Å². The highest BCUT2D eigenvalue weighted by molar-refractivity contribution is 6.30. The zero-order chi connectivity index (χ0) is 22.3. The second kappa shape index (κ2) is 8.16. The summed E-state index contributed by atoms with van der Waals surface area (Å²) in [4.78, 5) is 29.0. The van der Waals surface area contributed by atoms with Crippen molar-refractivity contribution in [2.75, 3.05) is 10.2 Å². The summed E-state index contributed by atoms with van der Waals surface area (Å²) in [6, 6.07) is 14.8. The second-order valence-electron chi connectivity index (χ2n) is 9.79. The largest absolute Gasteiger partial charge is 0.357 e. The smallest absolute Gasteiger partial charge is 0.228 e. The number of rotatable bonds is 3. The first-order valence-electron chi connectivity index (χ1n) is 10.9. The standard InChI is InChI=1S/C26H29ClN2O2/c1-16(2)13-23(31)29-21-8-6-5-7-19(21)28-20-14-26(3,4)15-22(30)24(20)25(29)17-9-11-18(27)12-10-17/h5-12,16,25,28H,13-15H2,1-4H3/t25-/m0/s1. The number of fused-ring (bicyclic) bond motifs is 1. The van der Waals surface area contributed by atoms with Gasteiger partial charge in [0.1, 0.15) is 0 Å². The molecule has 1 amide bonds. The van der Waals surface area contributed by atoms with E-state index < -0.39 is 6.04 Å². The molecule has 0 saturated carbocycles. The highest BCUT2D eigenvalue weighted by atomic mass is 35.5. The van der Waals surface area contributed by atoms with Crippen LogP contribution in [0.4, 0.5) is 11.4 Å². The van der Waals surface area contributed by atoms with Gasteiger partial charge in [0.05, 0.1) is 17.4 Å². The van der Waals surface area contributed by atoms with E-state index in [1.807, 2.05) is 67.3 Å². The molecule has 5 heteroatoms. The third kappa shape index (κ3) is 4.27. The Kier molecular flexibility index (Phi) is 5.69. The summed E-state index contributed by atoms with van der Waals surface area (Å²) in [6.07, 6.45) is 1.61. The molecule has 2 aromatic carbocycles. The first-order chi connectivity index (χ1) is 14.7. The van der Waals surface area contributed by atoms with E-state index in [-0.39, 0.29) is 23.0 Å². The number of carbonyl (C=O) groups is 2. The van der Waals surface area contributed by atoms with E-state index in [4.69, 9.17) is 11.6 Å². The average molecular weight is 437 g/mol. The van der Waals surface area contributed by atoms with Gasteiger partial charge in [-0.1, -0.05) is 63.6 Å². The van der Waals surface area contributed by atoms with E-state index in [0.717, 1.165) is 29.1 Å². The van der Waals surface area contributed by atoms with E-state index in [2.05, 4.69) is 19.2 Å². The molecule has 1 atom stereocenters. The fourth-order valence-electron chi connectivity index (χ4n) is 4.67. The van der Waals surface area contributed by atoms with Gasteiger partial charge >= 0.3 is 0 Å². The summed E-state index contributed by atoms with van der Waals surface area (Å²) in [6.45, 7) is 8.31. The fraction of sp³-hybridized carbons (Fsp3) is 0.385. The normalized spacial score (nSPS) is 20.1. The maximum atomic E-state index is 13.6. The van der Waals surface area contributed by atoms with E-state index >= 15 is 0 Å². The van der Waals surface area contributed by atoms with Crippen molar-refractivity contribution in [3.63, 3.8) is 0 Å². The molecule has 162 valence electrons. The van der Waals surface area contributed by atoms with Crippen molar-refractivity contribution in [3.8, 4) is 0 Å². The number of hydrogen-bond acceptors (Lipinski definition) is 3. The number of carbonyl (C=O) groups excluding carboxylic acids is 2. The minimum Gasteiger partial charge on any atom is -0.357 e. The van der Waals surface area contributed by atoms with Gasteiger partial charge < -0.3 is 5.32 Å². The van der Waals surface area contributed by atoms with Gasteiger partial charge in [0.25, 0.3) is 0 Å². The van der Waals surface area contributed by atoms with Crippen molar-refractivity contribution < 1.29 is 9.59 Å². The van der Waals surface area contributed by atoms with Crippen molar-refractivity contribution in [1.82, 2.24) is 0 Å². The molecular formula is C26H29ClN2O2. The van der Waals surface area contributed by atoms with Crippen LogP contribution in [-0.2, 0) is 9.59 Å². The Morgan fingerprint density at radius 2 is 1.81 bits per heavy atom. The number of amides is 1. The molecule has 31 heavy (non-hydrogen) atoms. The summed E-state index contributed by atoms with van der Waals surface area (Å²) >= 11 is 6.16. The summed E-state index contributed by atoms with van der Waals surface area (Å²) in [5, 5.41) is 4.16. The summed E-state index contributed by atoms with van der Waals surface area (Å²) in [5.74, 6) is 0.306. The Morgan fingerprint density at radius 1 is 1.13 bits per heavy atom. The van der Waals surface area contributed by atoms with Gasteiger partial charge in [0.2, 0.25) is 5.91 Å². The van der Waals surface area contributed by atoms with Crippen LogP contribution in [0.5, 0.6) is 0 Å². The lowest BCUT2D eigenvalue weighted by atomic mass is 9.73.